The summed E-state index contributed by atoms with van der Waals surface area (Å²) in [5.74, 6) is -0.994. The summed E-state index contributed by atoms with van der Waals surface area (Å²) in [5, 5.41) is 9.69. The zero-order chi connectivity index (χ0) is 20.7. The molecular weight excluding hydrogens is 348 g/mol. The van der Waals surface area contributed by atoms with Crippen LogP contribution in [0, 0.1) is 6.92 Å². The molecule has 0 unspecified atom stereocenters. The number of aryl methyl sites for hydroxylation is 1. The zero-order valence-electron chi connectivity index (χ0n) is 17.7. The Bertz CT molecular complexity index is 948. The molecule has 28 heavy (non-hydrogen) atoms. The van der Waals surface area contributed by atoms with Crippen molar-refractivity contribution in [3.05, 3.63) is 64.9 Å². The second-order valence-corrected chi connectivity index (χ2v) is 9.10. The van der Waals surface area contributed by atoms with Crippen LogP contribution in [0.4, 0.5) is 0 Å². The molecule has 0 fully saturated rings. The summed E-state index contributed by atoms with van der Waals surface area (Å²) in [7, 11) is 1.47. The number of rotatable bonds is 4. The van der Waals surface area contributed by atoms with Crippen LogP contribution in [0.15, 0.2) is 42.7 Å². The van der Waals surface area contributed by atoms with Crippen molar-refractivity contribution in [2.75, 3.05) is 7.11 Å². The van der Waals surface area contributed by atoms with E-state index in [1.165, 1.54) is 36.5 Å². The average Bonchev–Trinajstić information content (AvgIpc) is 2.63. The van der Waals surface area contributed by atoms with Crippen molar-refractivity contribution in [1.29, 1.82) is 0 Å². The maximum absolute atomic E-state index is 11.8. The fraction of sp³-hybridized carbons (Fsp3) is 0.400. The van der Waals surface area contributed by atoms with E-state index in [0.717, 1.165) is 17.5 Å². The Morgan fingerprint density at radius 2 is 1.57 bits per heavy atom. The van der Waals surface area contributed by atoms with Gasteiger partial charge in [-0.05, 0) is 64.0 Å². The predicted octanol–water partition coefficient (Wildman–Crippen LogP) is 6.08. The molecule has 2 aromatic rings. The third-order valence-electron chi connectivity index (χ3n) is 6.17. The van der Waals surface area contributed by atoms with Gasteiger partial charge in [0, 0.05) is 0 Å². The molecule has 0 spiro atoms. The van der Waals surface area contributed by atoms with Crippen molar-refractivity contribution in [3.63, 3.8) is 0 Å². The van der Waals surface area contributed by atoms with Gasteiger partial charge < -0.3 is 9.84 Å². The molecule has 0 radical (unpaired) electrons. The molecule has 1 aliphatic carbocycles. The van der Waals surface area contributed by atoms with Gasteiger partial charge in [-0.2, -0.15) is 0 Å². The predicted molar refractivity (Wildman–Crippen MR) is 115 cm³/mol. The first-order valence-corrected chi connectivity index (χ1v) is 9.80. The Morgan fingerprint density at radius 3 is 2.14 bits per heavy atom. The van der Waals surface area contributed by atoms with Gasteiger partial charge in [0.05, 0.1) is 13.4 Å². The van der Waals surface area contributed by atoms with Gasteiger partial charge in [-0.3, -0.25) is 0 Å². The summed E-state index contributed by atoms with van der Waals surface area (Å²) in [6.45, 7) is 11.4. The first kappa shape index (κ1) is 20.2. The SMILES string of the molecule is CO/C=C(/C(=O)O)c1ccccc1-c1cc2c(cc1C)C(C)(C)CCC2(C)C. The van der Waals surface area contributed by atoms with Crippen molar-refractivity contribution in [3.8, 4) is 11.1 Å². The third-order valence-corrected chi connectivity index (χ3v) is 6.17. The Labute approximate surface area is 168 Å². The lowest BCUT2D eigenvalue weighted by Crippen LogP contribution is -2.34. The van der Waals surface area contributed by atoms with Crippen molar-refractivity contribution in [2.24, 2.45) is 0 Å². The van der Waals surface area contributed by atoms with Gasteiger partial charge in [0.25, 0.3) is 0 Å². The highest BCUT2D eigenvalue weighted by molar-refractivity contribution is 6.17. The van der Waals surface area contributed by atoms with Gasteiger partial charge >= 0.3 is 5.97 Å². The smallest absolute Gasteiger partial charge is 0.339 e. The number of ether oxygens (including phenoxy) is 1. The molecule has 1 aliphatic rings. The van der Waals surface area contributed by atoms with Crippen molar-refractivity contribution in [1.82, 2.24) is 0 Å². The van der Waals surface area contributed by atoms with Crippen molar-refractivity contribution in [2.45, 2.75) is 58.3 Å². The zero-order valence-corrected chi connectivity index (χ0v) is 17.7. The van der Waals surface area contributed by atoms with Crippen LogP contribution in [0.25, 0.3) is 16.7 Å². The van der Waals surface area contributed by atoms with E-state index in [0.29, 0.717) is 5.56 Å². The minimum absolute atomic E-state index is 0.0975. The minimum Gasteiger partial charge on any atom is -0.503 e. The van der Waals surface area contributed by atoms with Gasteiger partial charge in [-0.15, -0.1) is 0 Å². The minimum atomic E-state index is -0.994. The highest BCUT2D eigenvalue weighted by Gasteiger charge is 2.37. The lowest BCUT2D eigenvalue weighted by molar-refractivity contribution is -0.130. The monoisotopic (exact) mass is 378 g/mol. The van der Waals surface area contributed by atoms with E-state index in [1.54, 1.807) is 0 Å². The van der Waals surface area contributed by atoms with E-state index in [2.05, 4.69) is 46.8 Å². The number of carboxylic acid groups (broad SMARTS) is 1. The molecule has 0 atom stereocenters. The lowest BCUT2D eigenvalue weighted by atomic mass is 9.62. The van der Waals surface area contributed by atoms with E-state index < -0.39 is 5.97 Å². The Balaban J connectivity index is 2.28. The normalized spacial score (nSPS) is 17.7. The summed E-state index contributed by atoms with van der Waals surface area (Å²) in [6, 6.07) is 12.3. The molecule has 0 amide bonds. The Hall–Kier alpha value is -2.55. The maximum atomic E-state index is 11.8. The quantitative estimate of drug-likeness (QED) is 0.518. The molecule has 0 bridgehead atoms. The lowest BCUT2D eigenvalue weighted by Gasteiger charge is -2.42. The molecule has 0 saturated heterocycles. The number of fused-ring (bicyclic) bond motifs is 1. The van der Waals surface area contributed by atoms with E-state index in [-0.39, 0.29) is 16.4 Å². The largest absolute Gasteiger partial charge is 0.503 e. The molecule has 3 heteroatoms. The molecular formula is C25H30O3. The number of benzene rings is 2. The summed E-state index contributed by atoms with van der Waals surface area (Å²) in [5.41, 5.74) is 7.04. The van der Waals surface area contributed by atoms with Gasteiger partial charge in [-0.1, -0.05) is 64.1 Å². The van der Waals surface area contributed by atoms with E-state index in [9.17, 15) is 9.90 Å². The van der Waals surface area contributed by atoms with Crippen molar-refractivity contribution >= 4 is 11.5 Å². The topological polar surface area (TPSA) is 46.5 Å². The van der Waals surface area contributed by atoms with Gasteiger partial charge in [-0.25, -0.2) is 4.79 Å². The first-order valence-electron chi connectivity index (χ1n) is 9.80. The van der Waals surface area contributed by atoms with E-state index in [1.807, 2.05) is 24.3 Å². The number of hydrogen-bond donors (Lipinski definition) is 1. The standard InChI is InChI=1S/C25H30O3/c1-16-13-21-22(25(4,5)12-11-24(21,2)3)14-19(16)17-9-7-8-10-18(17)20(15-28-6)23(26)27/h7-10,13-15H,11-12H2,1-6H3,(H,26,27)/b20-15+. The summed E-state index contributed by atoms with van der Waals surface area (Å²) < 4.78 is 5.05. The molecule has 2 aromatic carbocycles. The molecule has 3 nitrogen and oxygen atoms in total. The van der Waals surface area contributed by atoms with Gasteiger partial charge in [0.1, 0.15) is 5.57 Å². The van der Waals surface area contributed by atoms with Crippen LogP contribution >= 0.6 is 0 Å². The Morgan fingerprint density at radius 1 is 1.00 bits per heavy atom. The van der Waals surface area contributed by atoms with Crippen LogP contribution in [0.3, 0.4) is 0 Å². The number of carboxylic acids is 1. The third kappa shape index (κ3) is 3.46. The highest BCUT2D eigenvalue weighted by Crippen LogP contribution is 2.48. The van der Waals surface area contributed by atoms with Crippen LogP contribution in [-0.4, -0.2) is 18.2 Å². The van der Waals surface area contributed by atoms with E-state index >= 15 is 0 Å². The van der Waals surface area contributed by atoms with Gasteiger partial charge in [0.15, 0.2) is 0 Å². The van der Waals surface area contributed by atoms with Crippen LogP contribution in [0.5, 0.6) is 0 Å². The summed E-state index contributed by atoms with van der Waals surface area (Å²) in [4.78, 5) is 11.8. The fourth-order valence-electron chi connectivity index (χ4n) is 4.31. The average molecular weight is 379 g/mol. The molecule has 0 aromatic heterocycles. The number of aliphatic carboxylic acids is 1. The summed E-state index contributed by atoms with van der Waals surface area (Å²) >= 11 is 0. The number of methoxy groups -OCH3 is 1. The van der Waals surface area contributed by atoms with Crippen molar-refractivity contribution < 1.29 is 14.6 Å². The fourth-order valence-corrected chi connectivity index (χ4v) is 4.31. The molecule has 0 saturated carbocycles. The number of carbonyl (C=O) groups is 1. The molecule has 0 aliphatic heterocycles. The highest BCUT2D eigenvalue weighted by atomic mass is 16.5. The molecule has 1 N–H and O–H groups in total. The maximum Gasteiger partial charge on any atom is 0.339 e. The number of hydrogen-bond acceptors (Lipinski definition) is 2. The van der Waals surface area contributed by atoms with Crippen LogP contribution in [-0.2, 0) is 20.4 Å². The second kappa shape index (κ2) is 7.12. The first-order chi connectivity index (χ1) is 13.1. The Kier molecular flexibility index (Phi) is 5.14. The second-order valence-electron chi connectivity index (χ2n) is 9.10. The molecule has 3 rings (SSSR count). The van der Waals surface area contributed by atoms with Crippen LogP contribution in [0.1, 0.15) is 62.8 Å². The molecule has 0 heterocycles. The van der Waals surface area contributed by atoms with Crippen LogP contribution < -0.4 is 0 Å². The van der Waals surface area contributed by atoms with Crippen LogP contribution in [0.2, 0.25) is 0 Å². The summed E-state index contributed by atoms with van der Waals surface area (Å²) in [6.07, 6.45) is 3.62. The van der Waals surface area contributed by atoms with Gasteiger partial charge in [0.2, 0.25) is 0 Å². The van der Waals surface area contributed by atoms with E-state index in [4.69, 9.17) is 4.74 Å². The molecule has 148 valence electrons.